The van der Waals surface area contributed by atoms with Crippen molar-refractivity contribution >= 4 is 5.95 Å². The second kappa shape index (κ2) is 4.18. The number of anilines is 1. The van der Waals surface area contributed by atoms with Crippen molar-refractivity contribution < 1.29 is 4.74 Å². The maximum absolute atomic E-state index is 5.58. The Bertz CT molecular complexity index is 497. The first-order chi connectivity index (χ1) is 7.72. The van der Waals surface area contributed by atoms with E-state index in [1.54, 1.807) is 7.11 Å². The van der Waals surface area contributed by atoms with E-state index < -0.39 is 0 Å². The summed E-state index contributed by atoms with van der Waals surface area (Å²) in [6, 6.07) is 9.87. The average Bonchev–Trinajstić information content (AvgIpc) is 2.29. The van der Waals surface area contributed by atoms with Crippen LogP contribution in [0.5, 0.6) is 5.88 Å². The van der Waals surface area contributed by atoms with Gasteiger partial charge in [0.15, 0.2) is 0 Å². The van der Waals surface area contributed by atoms with E-state index in [-0.39, 0.29) is 5.95 Å². The van der Waals surface area contributed by atoms with Crippen molar-refractivity contribution in [3.8, 4) is 17.0 Å². The van der Waals surface area contributed by atoms with Crippen molar-refractivity contribution in [3.05, 3.63) is 36.0 Å². The molecule has 4 nitrogen and oxygen atoms in total. The van der Waals surface area contributed by atoms with Gasteiger partial charge in [-0.15, -0.1) is 0 Å². The van der Waals surface area contributed by atoms with Crippen molar-refractivity contribution in [2.24, 2.45) is 0 Å². The quantitative estimate of drug-likeness (QED) is 0.832. The number of nitrogens with zero attached hydrogens (tertiary/aromatic N) is 2. The smallest absolute Gasteiger partial charge is 0.226 e. The Kier molecular flexibility index (Phi) is 2.72. The molecule has 16 heavy (non-hydrogen) atoms. The van der Waals surface area contributed by atoms with Crippen molar-refractivity contribution in [2.75, 3.05) is 12.8 Å². The summed E-state index contributed by atoms with van der Waals surface area (Å²) in [4.78, 5) is 8.22. The maximum Gasteiger partial charge on any atom is 0.226 e. The minimum Gasteiger partial charge on any atom is -0.480 e. The van der Waals surface area contributed by atoms with Crippen molar-refractivity contribution in [3.63, 3.8) is 0 Å². The highest BCUT2D eigenvalue weighted by Gasteiger charge is 2.12. The molecule has 1 heterocycles. The fourth-order valence-electron chi connectivity index (χ4n) is 1.65. The number of nitrogens with two attached hydrogens (primary N) is 1. The van der Waals surface area contributed by atoms with E-state index in [1.165, 1.54) is 0 Å². The molecule has 82 valence electrons. The number of aryl methyl sites for hydroxylation is 1. The van der Waals surface area contributed by atoms with Crippen LogP contribution in [-0.2, 0) is 0 Å². The van der Waals surface area contributed by atoms with Gasteiger partial charge < -0.3 is 10.5 Å². The summed E-state index contributed by atoms with van der Waals surface area (Å²) < 4.78 is 5.23. The number of hydrogen-bond acceptors (Lipinski definition) is 4. The number of benzene rings is 1. The molecular weight excluding hydrogens is 202 g/mol. The molecule has 0 aliphatic heterocycles. The Labute approximate surface area is 94.1 Å². The molecule has 0 atom stereocenters. The van der Waals surface area contributed by atoms with E-state index in [0.717, 1.165) is 16.8 Å². The van der Waals surface area contributed by atoms with Gasteiger partial charge in [0.2, 0.25) is 11.8 Å². The fourth-order valence-corrected chi connectivity index (χ4v) is 1.65. The van der Waals surface area contributed by atoms with Gasteiger partial charge in [0, 0.05) is 0 Å². The van der Waals surface area contributed by atoms with Crippen LogP contribution < -0.4 is 10.5 Å². The summed E-state index contributed by atoms with van der Waals surface area (Å²) in [5.41, 5.74) is 8.31. The fraction of sp³-hybridized carbons (Fsp3) is 0.167. The van der Waals surface area contributed by atoms with Gasteiger partial charge in [0.05, 0.1) is 18.4 Å². The lowest BCUT2D eigenvalue weighted by atomic mass is 10.1. The van der Waals surface area contributed by atoms with Crippen LogP contribution >= 0.6 is 0 Å². The Hall–Kier alpha value is -2.10. The number of hydrogen-bond donors (Lipinski definition) is 1. The highest BCUT2D eigenvalue weighted by molar-refractivity contribution is 5.71. The molecule has 1 aromatic carbocycles. The first-order valence-corrected chi connectivity index (χ1v) is 4.96. The summed E-state index contributed by atoms with van der Waals surface area (Å²) >= 11 is 0. The van der Waals surface area contributed by atoms with Crippen LogP contribution in [0.4, 0.5) is 5.95 Å². The third-order valence-corrected chi connectivity index (χ3v) is 2.33. The van der Waals surface area contributed by atoms with E-state index in [1.807, 2.05) is 37.3 Å². The lowest BCUT2D eigenvalue weighted by Gasteiger charge is -2.10. The van der Waals surface area contributed by atoms with E-state index in [0.29, 0.717) is 5.88 Å². The number of ether oxygens (including phenoxy) is 1. The van der Waals surface area contributed by atoms with Gasteiger partial charge in [-0.3, -0.25) is 0 Å². The van der Waals surface area contributed by atoms with Crippen LogP contribution in [-0.4, -0.2) is 17.1 Å². The lowest BCUT2D eigenvalue weighted by molar-refractivity contribution is 0.399. The molecule has 4 heteroatoms. The zero-order valence-corrected chi connectivity index (χ0v) is 9.27. The Morgan fingerprint density at radius 2 is 1.81 bits per heavy atom. The summed E-state index contributed by atoms with van der Waals surface area (Å²) in [5, 5.41) is 0. The van der Waals surface area contributed by atoms with Crippen molar-refractivity contribution in [1.82, 2.24) is 9.97 Å². The van der Waals surface area contributed by atoms with Crippen LogP contribution in [0.2, 0.25) is 0 Å². The molecule has 0 unspecified atom stereocenters. The van der Waals surface area contributed by atoms with Gasteiger partial charge in [-0.25, -0.2) is 4.98 Å². The predicted molar refractivity (Wildman–Crippen MR) is 63.2 cm³/mol. The highest BCUT2D eigenvalue weighted by Crippen LogP contribution is 2.30. The second-order valence-electron chi connectivity index (χ2n) is 3.42. The van der Waals surface area contributed by atoms with Gasteiger partial charge in [0.25, 0.3) is 0 Å². The van der Waals surface area contributed by atoms with Crippen LogP contribution in [0.1, 0.15) is 5.69 Å². The molecule has 0 saturated heterocycles. The van der Waals surface area contributed by atoms with Crippen LogP contribution in [0.15, 0.2) is 30.3 Å². The van der Waals surface area contributed by atoms with E-state index in [4.69, 9.17) is 10.5 Å². The predicted octanol–water partition coefficient (Wildman–Crippen LogP) is 2.04. The van der Waals surface area contributed by atoms with Crippen molar-refractivity contribution in [2.45, 2.75) is 6.92 Å². The SMILES string of the molecule is COc1nc(N)nc(C)c1-c1ccccc1. The molecular formula is C12H13N3O. The lowest BCUT2D eigenvalue weighted by Crippen LogP contribution is -2.02. The number of rotatable bonds is 2. The summed E-state index contributed by atoms with van der Waals surface area (Å²) in [7, 11) is 1.58. The third kappa shape index (κ3) is 1.82. The third-order valence-electron chi connectivity index (χ3n) is 2.33. The van der Waals surface area contributed by atoms with Gasteiger partial charge >= 0.3 is 0 Å². The van der Waals surface area contributed by atoms with Gasteiger partial charge in [-0.2, -0.15) is 4.98 Å². The van der Waals surface area contributed by atoms with Crippen LogP contribution in [0, 0.1) is 6.92 Å². The molecule has 0 saturated carbocycles. The zero-order valence-electron chi connectivity index (χ0n) is 9.27. The van der Waals surface area contributed by atoms with E-state index in [9.17, 15) is 0 Å². The first kappa shape index (κ1) is 10.4. The zero-order chi connectivity index (χ0) is 11.5. The van der Waals surface area contributed by atoms with Crippen molar-refractivity contribution in [1.29, 1.82) is 0 Å². The van der Waals surface area contributed by atoms with Gasteiger partial charge in [-0.1, -0.05) is 30.3 Å². The van der Waals surface area contributed by atoms with Gasteiger partial charge in [-0.05, 0) is 12.5 Å². The Morgan fingerprint density at radius 3 is 2.44 bits per heavy atom. The molecule has 0 aliphatic rings. The van der Waals surface area contributed by atoms with Crippen LogP contribution in [0.25, 0.3) is 11.1 Å². The molecule has 0 fully saturated rings. The molecule has 1 aromatic heterocycles. The number of aromatic nitrogens is 2. The maximum atomic E-state index is 5.58. The minimum atomic E-state index is 0.231. The minimum absolute atomic E-state index is 0.231. The Balaban J connectivity index is 2.64. The van der Waals surface area contributed by atoms with E-state index >= 15 is 0 Å². The number of nitrogen functional groups attached to an aromatic ring is 1. The number of methoxy groups -OCH3 is 1. The van der Waals surface area contributed by atoms with Gasteiger partial charge in [0.1, 0.15) is 0 Å². The molecule has 2 rings (SSSR count). The molecule has 0 bridgehead atoms. The molecule has 0 spiro atoms. The Morgan fingerprint density at radius 1 is 1.12 bits per heavy atom. The summed E-state index contributed by atoms with van der Waals surface area (Å²) in [6.45, 7) is 1.89. The molecule has 0 aliphatic carbocycles. The van der Waals surface area contributed by atoms with E-state index in [2.05, 4.69) is 9.97 Å². The topological polar surface area (TPSA) is 61.0 Å². The molecule has 2 N–H and O–H groups in total. The highest BCUT2D eigenvalue weighted by atomic mass is 16.5. The first-order valence-electron chi connectivity index (χ1n) is 4.96. The summed E-state index contributed by atoms with van der Waals surface area (Å²) in [6.07, 6.45) is 0. The largest absolute Gasteiger partial charge is 0.480 e. The standard InChI is InChI=1S/C12H13N3O/c1-8-10(9-6-4-3-5-7-9)11(16-2)15-12(13)14-8/h3-7H,1-2H3,(H2,13,14,15). The normalized spacial score (nSPS) is 10.1. The van der Waals surface area contributed by atoms with Crippen LogP contribution in [0.3, 0.4) is 0 Å². The molecule has 0 amide bonds. The average molecular weight is 215 g/mol. The monoisotopic (exact) mass is 215 g/mol. The molecule has 2 aromatic rings. The molecule has 0 radical (unpaired) electrons. The second-order valence-corrected chi connectivity index (χ2v) is 3.42. The summed E-state index contributed by atoms with van der Waals surface area (Å²) in [5.74, 6) is 0.741.